The molecule has 1 aliphatic heterocycles. The summed E-state index contributed by atoms with van der Waals surface area (Å²) in [7, 11) is 0. The van der Waals surface area contributed by atoms with Crippen LogP contribution in [-0.4, -0.2) is 48.9 Å². The minimum absolute atomic E-state index is 0.213. The summed E-state index contributed by atoms with van der Waals surface area (Å²) in [4.78, 5) is 13.6. The Hall–Kier alpha value is -2.11. The molecular weight excluding hydrogens is 308 g/mol. The van der Waals surface area contributed by atoms with Crippen LogP contribution in [0.4, 0.5) is 10.5 Å². The van der Waals surface area contributed by atoms with Gasteiger partial charge < -0.3 is 24.4 Å². The highest BCUT2D eigenvalue weighted by Crippen LogP contribution is 2.31. The number of hydrogen-bond acceptors (Lipinski definition) is 5. The first kappa shape index (κ1) is 18.2. The number of likely N-dealkylation sites (tertiary alicyclic amines) is 1. The Balaban J connectivity index is 1.89. The maximum absolute atomic E-state index is 11.9. The van der Waals surface area contributed by atoms with Crippen LogP contribution < -0.4 is 14.8 Å². The Labute approximate surface area is 144 Å². The summed E-state index contributed by atoms with van der Waals surface area (Å²) in [6, 6.07) is 6.01. The Morgan fingerprint density at radius 1 is 1.17 bits per heavy atom. The highest BCUT2D eigenvalue weighted by atomic mass is 16.6. The standard InChI is InChI=1S/C18H28N2O4/c1-6-22-15-9-8-13(10-16(15)23-7-2)19-14-11-20(12-14)17(21)24-18(3,4)5/h8-10,14,19H,6-7,11-12H2,1-5H3. The van der Waals surface area contributed by atoms with E-state index < -0.39 is 5.60 Å². The van der Waals surface area contributed by atoms with Gasteiger partial charge in [-0.15, -0.1) is 0 Å². The van der Waals surface area contributed by atoms with Crippen molar-refractivity contribution in [2.24, 2.45) is 0 Å². The zero-order valence-electron chi connectivity index (χ0n) is 15.2. The molecule has 24 heavy (non-hydrogen) atoms. The molecule has 1 aromatic rings. The van der Waals surface area contributed by atoms with Crippen molar-refractivity contribution in [1.29, 1.82) is 0 Å². The van der Waals surface area contributed by atoms with Crippen molar-refractivity contribution in [3.8, 4) is 11.5 Å². The van der Waals surface area contributed by atoms with Gasteiger partial charge in [0, 0.05) is 24.8 Å². The molecule has 0 aliphatic carbocycles. The van der Waals surface area contributed by atoms with E-state index in [4.69, 9.17) is 14.2 Å². The van der Waals surface area contributed by atoms with Gasteiger partial charge in [-0.3, -0.25) is 0 Å². The van der Waals surface area contributed by atoms with Crippen LogP contribution >= 0.6 is 0 Å². The fraction of sp³-hybridized carbons (Fsp3) is 0.611. The van der Waals surface area contributed by atoms with Crippen LogP contribution in [0, 0.1) is 0 Å². The summed E-state index contributed by atoms with van der Waals surface area (Å²) in [5.41, 5.74) is 0.493. The summed E-state index contributed by atoms with van der Waals surface area (Å²) < 4.78 is 16.5. The third kappa shape index (κ3) is 4.94. The quantitative estimate of drug-likeness (QED) is 0.861. The molecule has 6 nitrogen and oxygen atoms in total. The molecule has 0 aromatic heterocycles. The minimum atomic E-state index is -0.461. The average molecular weight is 336 g/mol. The van der Waals surface area contributed by atoms with Crippen LogP contribution in [-0.2, 0) is 4.74 Å². The molecule has 1 amide bonds. The van der Waals surface area contributed by atoms with Crippen LogP contribution in [0.5, 0.6) is 11.5 Å². The van der Waals surface area contributed by atoms with E-state index in [0.29, 0.717) is 26.3 Å². The van der Waals surface area contributed by atoms with Gasteiger partial charge in [0.2, 0.25) is 0 Å². The van der Waals surface area contributed by atoms with Crippen molar-refractivity contribution >= 4 is 11.8 Å². The van der Waals surface area contributed by atoms with Crippen molar-refractivity contribution < 1.29 is 19.0 Å². The Morgan fingerprint density at radius 3 is 2.38 bits per heavy atom. The predicted octanol–water partition coefficient (Wildman–Crippen LogP) is 3.52. The van der Waals surface area contributed by atoms with E-state index >= 15 is 0 Å². The summed E-state index contributed by atoms with van der Waals surface area (Å²) in [5, 5.41) is 3.41. The lowest BCUT2D eigenvalue weighted by molar-refractivity contribution is 0.0105. The second-order valence-electron chi connectivity index (χ2n) is 6.75. The van der Waals surface area contributed by atoms with Gasteiger partial charge in [0.15, 0.2) is 11.5 Å². The second-order valence-corrected chi connectivity index (χ2v) is 6.75. The second kappa shape index (κ2) is 7.64. The summed E-state index contributed by atoms with van der Waals surface area (Å²) in [6.45, 7) is 11.9. The zero-order valence-corrected chi connectivity index (χ0v) is 15.2. The van der Waals surface area contributed by atoms with E-state index in [0.717, 1.165) is 17.2 Å². The molecule has 0 unspecified atom stereocenters. The van der Waals surface area contributed by atoms with Crippen molar-refractivity contribution in [3.63, 3.8) is 0 Å². The zero-order chi connectivity index (χ0) is 17.7. The van der Waals surface area contributed by atoms with E-state index in [9.17, 15) is 4.79 Å². The molecule has 134 valence electrons. The van der Waals surface area contributed by atoms with Gasteiger partial charge in [-0.25, -0.2) is 4.79 Å². The molecule has 0 saturated carbocycles. The first-order valence-electron chi connectivity index (χ1n) is 8.46. The van der Waals surface area contributed by atoms with Crippen molar-refractivity contribution in [3.05, 3.63) is 18.2 Å². The molecule has 0 spiro atoms. The van der Waals surface area contributed by atoms with Gasteiger partial charge in [-0.2, -0.15) is 0 Å². The number of nitrogens with zero attached hydrogens (tertiary/aromatic N) is 1. The average Bonchev–Trinajstić information content (AvgIpc) is 2.43. The third-order valence-corrected chi connectivity index (χ3v) is 3.45. The van der Waals surface area contributed by atoms with E-state index in [-0.39, 0.29) is 12.1 Å². The van der Waals surface area contributed by atoms with Crippen LogP contribution in [0.25, 0.3) is 0 Å². The number of rotatable bonds is 6. The van der Waals surface area contributed by atoms with Gasteiger partial charge in [0.1, 0.15) is 5.60 Å². The SMILES string of the molecule is CCOc1ccc(NC2CN(C(=O)OC(C)(C)C)C2)cc1OCC. The van der Waals surface area contributed by atoms with E-state index in [1.807, 2.05) is 52.8 Å². The number of carbonyl (C=O) groups is 1. The number of nitrogens with one attached hydrogen (secondary N) is 1. The van der Waals surface area contributed by atoms with Gasteiger partial charge in [-0.1, -0.05) is 0 Å². The molecule has 0 atom stereocenters. The molecule has 1 fully saturated rings. The largest absolute Gasteiger partial charge is 0.490 e. The molecule has 2 rings (SSSR count). The molecule has 1 aliphatic rings. The maximum Gasteiger partial charge on any atom is 0.410 e. The number of carbonyl (C=O) groups excluding carboxylic acids is 1. The van der Waals surface area contributed by atoms with Crippen LogP contribution in [0.2, 0.25) is 0 Å². The van der Waals surface area contributed by atoms with Crippen LogP contribution in [0.3, 0.4) is 0 Å². The van der Waals surface area contributed by atoms with Crippen molar-refractivity contribution in [2.75, 3.05) is 31.6 Å². The molecule has 0 bridgehead atoms. The van der Waals surface area contributed by atoms with Gasteiger partial charge in [0.05, 0.1) is 19.3 Å². The first-order valence-corrected chi connectivity index (χ1v) is 8.46. The minimum Gasteiger partial charge on any atom is -0.490 e. The fourth-order valence-corrected chi connectivity index (χ4v) is 2.42. The monoisotopic (exact) mass is 336 g/mol. The maximum atomic E-state index is 11.9. The third-order valence-electron chi connectivity index (χ3n) is 3.45. The molecule has 1 heterocycles. The van der Waals surface area contributed by atoms with Gasteiger partial charge in [0.25, 0.3) is 0 Å². The van der Waals surface area contributed by atoms with Crippen LogP contribution in [0.15, 0.2) is 18.2 Å². The van der Waals surface area contributed by atoms with Crippen molar-refractivity contribution in [1.82, 2.24) is 4.90 Å². The lowest BCUT2D eigenvalue weighted by Gasteiger charge is -2.40. The Bertz CT molecular complexity index is 563. The molecule has 1 saturated heterocycles. The molecule has 6 heteroatoms. The lowest BCUT2D eigenvalue weighted by Crippen LogP contribution is -2.57. The highest BCUT2D eigenvalue weighted by Gasteiger charge is 2.33. The highest BCUT2D eigenvalue weighted by molar-refractivity contribution is 5.70. The number of ether oxygens (including phenoxy) is 3. The van der Waals surface area contributed by atoms with E-state index in [1.54, 1.807) is 4.90 Å². The van der Waals surface area contributed by atoms with E-state index in [1.165, 1.54) is 0 Å². The molecular formula is C18H28N2O4. The van der Waals surface area contributed by atoms with Gasteiger partial charge in [-0.05, 0) is 46.8 Å². The normalized spacial score (nSPS) is 14.8. The summed E-state index contributed by atoms with van der Waals surface area (Å²) in [6.07, 6.45) is -0.262. The fourth-order valence-electron chi connectivity index (χ4n) is 2.42. The van der Waals surface area contributed by atoms with E-state index in [2.05, 4.69) is 5.32 Å². The Kier molecular flexibility index (Phi) is 5.80. The number of hydrogen-bond donors (Lipinski definition) is 1. The molecule has 0 radical (unpaired) electrons. The predicted molar refractivity (Wildman–Crippen MR) is 94.0 cm³/mol. The number of amides is 1. The number of benzene rings is 1. The molecule has 1 aromatic carbocycles. The van der Waals surface area contributed by atoms with Crippen molar-refractivity contribution in [2.45, 2.75) is 46.3 Å². The smallest absolute Gasteiger partial charge is 0.410 e. The van der Waals surface area contributed by atoms with Crippen LogP contribution in [0.1, 0.15) is 34.6 Å². The number of anilines is 1. The Morgan fingerprint density at radius 2 is 1.79 bits per heavy atom. The van der Waals surface area contributed by atoms with Gasteiger partial charge >= 0.3 is 6.09 Å². The summed E-state index contributed by atoms with van der Waals surface area (Å²) in [5.74, 6) is 1.47. The first-order chi connectivity index (χ1) is 11.3. The molecule has 1 N–H and O–H groups in total. The lowest BCUT2D eigenvalue weighted by atomic mass is 10.1. The topological polar surface area (TPSA) is 60.0 Å². The summed E-state index contributed by atoms with van der Waals surface area (Å²) >= 11 is 0.